The number of nitrogens with zero attached hydrogens (tertiary/aromatic N) is 1. The Kier molecular flexibility index (Phi) is 5.83. The van der Waals surface area contributed by atoms with Crippen LogP contribution in [0.15, 0.2) is 173 Å². The van der Waals surface area contributed by atoms with Crippen molar-refractivity contribution in [3.8, 4) is 11.1 Å². The van der Waals surface area contributed by atoms with Crippen LogP contribution in [0.1, 0.15) is 0 Å². The maximum absolute atomic E-state index is 6.49. The third kappa shape index (κ3) is 4.03. The smallest absolute Gasteiger partial charge is 0.143 e. The summed E-state index contributed by atoms with van der Waals surface area (Å²) in [7, 11) is 0. The Morgan fingerprint density at radius 2 is 1.08 bits per heavy atom. The van der Waals surface area contributed by atoms with Crippen molar-refractivity contribution in [3.63, 3.8) is 0 Å². The highest BCUT2D eigenvalue weighted by molar-refractivity contribution is 7.27. The number of fused-ring (bicyclic) bond motifs is 12. The fraction of sp³-hybridized carbons (Fsp3) is 0. The maximum Gasteiger partial charge on any atom is 0.143 e. The van der Waals surface area contributed by atoms with Crippen molar-refractivity contribution in [1.29, 1.82) is 0 Å². The lowest BCUT2D eigenvalue weighted by Crippen LogP contribution is -2.09. The SMILES string of the molecule is c1ccc(N(c2ccc(-c3cccc4c3oc3ccccc34)cc2)c2ccc3oc4ccc5c6ccc7ccccc7c6sc5c4c3c2)cc1. The molecule has 0 aliphatic heterocycles. The van der Waals surface area contributed by atoms with Crippen LogP contribution in [0.5, 0.6) is 0 Å². The molecule has 3 aromatic heterocycles. The van der Waals surface area contributed by atoms with Gasteiger partial charge >= 0.3 is 0 Å². The van der Waals surface area contributed by atoms with Crippen molar-refractivity contribution in [2.75, 3.05) is 4.90 Å². The largest absolute Gasteiger partial charge is 0.456 e. The molecule has 0 fully saturated rings. The van der Waals surface area contributed by atoms with Crippen molar-refractivity contribution in [2.45, 2.75) is 0 Å². The predicted molar refractivity (Wildman–Crippen MR) is 212 cm³/mol. The number of para-hydroxylation sites is 3. The highest BCUT2D eigenvalue weighted by Gasteiger charge is 2.19. The quantitative estimate of drug-likeness (QED) is 0.189. The van der Waals surface area contributed by atoms with Crippen LogP contribution in [0, 0.1) is 0 Å². The summed E-state index contributed by atoms with van der Waals surface area (Å²) < 4.78 is 15.4. The minimum Gasteiger partial charge on any atom is -0.456 e. The van der Waals surface area contributed by atoms with E-state index in [0.29, 0.717) is 0 Å². The molecule has 234 valence electrons. The van der Waals surface area contributed by atoms with Gasteiger partial charge in [-0.1, -0.05) is 103 Å². The van der Waals surface area contributed by atoms with E-state index < -0.39 is 0 Å². The summed E-state index contributed by atoms with van der Waals surface area (Å²) in [6.07, 6.45) is 0. The summed E-state index contributed by atoms with van der Waals surface area (Å²) in [5.74, 6) is 0. The van der Waals surface area contributed by atoms with E-state index in [4.69, 9.17) is 8.83 Å². The molecule has 0 unspecified atom stereocenters. The van der Waals surface area contributed by atoms with Gasteiger partial charge in [0.1, 0.15) is 22.3 Å². The van der Waals surface area contributed by atoms with Gasteiger partial charge in [0, 0.05) is 64.3 Å². The van der Waals surface area contributed by atoms with Gasteiger partial charge < -0.3 is 13.7 Å². The number of hydrogen-bond acceptors (Lipinski definition) is 4. The average Bonchev–Trinajstić information content (AvgIpc) is 3.87. The van der Waals surface area contributed by atoms with Crippen LogP contribution in [-0.2, 0) is 0 Å². The molecular formula is C46H27NO2S. The van der Waals surface area contributed by atoms with Crippen LogP contribution in [0.2, 0.25) is 0 Å². The molecule has 11 rings (SSSR count). The third-order valence-corrected chi connectivity index (χ3v) is 11.3. The molecule has 0 spiro atoms. The molecule has 8 aromatic carbocycles. The average molecular weight is 658 g/mol. The fourth-order valence-electron chi connectivity index (χ4n) is 7.74. The van der Waals surface area contributed by atoms with E-state index in [0.717, 1.165) is 66.7 Å². The second-order valence-corrected chi connectivity index (χ2v) is 13.9. The van der Waals surface area contributed by atoms with Crippen molar-refractivity contribution >= 4 is 103 Å². The highest BCUT2D eigenvalue weighted by Crippen LogP contribution is 2.46. The molecule has 4 heteroatoms. The predicted octanol–water partition coefficient (Wildman–Crippen LogP) is 14.1. The van der Waals surface area contributed by atoms with Crippen LogP contribution in [0.3, 0.4) is 0 Å². The number of thiophene rings is 1. The molecule has 0 saturated carbocycles. The van der Waals surface area contributed by atoms with Crippen molar-refractivity contribution in [3.05, 3.63) is 164 Å². The van der Waals surface area contributed by atoms with Crippen LogP contribution in [-0.4, -0.2) is 0 Å². The normalized spacial score (nSPS) is 12.0. The first-order valence-corrected chi connectivity index (χ1v) is 17.7. The van der Waals surface area contributed by atoms with E-state index in [1.54, 1.807) is 0 Å². The summed E-state index contributed by atoms with van der Waals surface area (Å²) in [6.45, 7) is 0. The Balaban J connectivity index is 1.08. The van der Waals surface area contributed by atoms with Crippen LogP contribution in [0.25, 0.3) is 85.9 Å². The molecule has 0 N–H and O–H groups in total. The Hall–Kier alpha value is -6.36. The molecule has 0 amide bonds. The minimum atomic E-state index is 0.890. The summed E-state index contributed by atoms with van der Waals surface area (Å²) in [4.78, 5) is 2.32. The van der Waals surface area contributed by atoms with Crippen molar-refractivity contribution in [1.82, 2.24) is 0 Å². The van der Waals surface area contributed by atoms with Gasteiger partial charge in [-0.3, -0.25) is 0 Å². The van der Waals surface area contributed by atoms with Crippen molar-refractivity contribution in [2.24, 2.45) is 0 Å². The van der Waals surface area contributed by atoms with E-state index in [1.807, 2.05) is 23.5 Å². The van der Waals surface area contributed by atoms with Gasteiger partial charge in [-0.15, -0.1) is 11.3 Å². The lowest BCUT2D eigenvalue weighted by Gasteiger charge is -2.25. The monoisotopic (exact) mass is 657 g/mol. The van der Waals surface area contributed by atoms with Crippen molar-refractivity contribution < 1.29 is 8.83 Å². The second-order valence-electron chi connectivity index (χ2n) is 12.9. The number of rotatable bonds is 4. The Bertz CT molecular complexity index is 3090. The Morgan fingerprint density at radius 1 is 0.400 bits per heavy atom. The lowest BCUT2D eigenvalue weighted by atomic mass is 10.0. The van der Waals surface area contributed by atoms with Gasteiger partial charge in [0.2, 0.25) is 0 Å². The zero-order valence-corrected chi connectivity index (χ0v) is 27.6. The summed E-state index contributed by atoms with van der Waals surface area (Å²) in [6, 6.07) is 58.1. The van der Waals surface area contributed by atoms with Gasteiger partial charge in [0.15, 0.2) is 0 Å². The molecule has 0 bridgehead atoms. The first-order chi connectivity index (χ1) is 24.8. The zero-order valence-electron chi connectivity index (χ0n) is 26.8. The fourth-order valence-corrected chi connectivity index (χ4v) is 9.13. The lowest BCUT2D eigenvalue weighted by molar-refractivity contribution is 0.669. The zero-order chi connectivity index (χ0) is 32.8. The molecule has 0 atom stereocenters. The second kappa shape index (κ2) is 10.6. The van der Waals surface area contributed by atoms with Crippen LogP contribution in [0.4, 0.5) is 17.1 Å². The molecule has 0 aliphatic rings. The number of furan rings is 2. The third-order valence-electron chi connectivity index (χ3n) is 10.1. The van der Waals surface area contributed by atoms with Crippen LogP contribution < -0.4 is 4.90 Å². The minimum absolute atomic E-state index is 0.890. The van der Waals surface area contributed by atoms with E-state index in [2.05, 4.69) is 157 Å². The molecule has 3 nitrogen and oxygen atoms in total. The van der Waals surface area contributed by atoms with Gasteiger partial charge in [-0.25, -0.2) is 0 Å². The standard InChI is InChI=1S/C46H27NO2S/c1-2-10-30(11-3-1)47(31-20-17-29(18-21-31)33-14-8-15-36-35-13-6-7-16-40(35)49-44(33)36)32-22-25-41-39(27-32)43-42(48-41)26-24-38-37-23-19-28-9-4-5-12-34(28)45(37)50-46(38)43/h1-27H. The first-order valence-electron chi connectivity index (χ1n) is 16.8. The van der Waals surface area contributed by atoms with E-state index in [9.17, 15) is 0 Å². The summed E-state index contributed by atoms with van der Waals surface area (Å²) in [5.41, 5.74) is 9.06. The van der Waals surface area contributed by atoms with Gasteiger partial charge in [0.25, 0.3) is 0 Å². The van der Waals surface area contributed by atoms with E-state index in [1.165, 1.54) is 36.3 Å². The molecule has 0 aliphatic carbocycles. The maximum atomic E-state index is 6.49. The number of anilines is 3. The Morgan fingerprint density at radius 3 is 1.98 bits per heavy atom. The molecule has 3 heterocycles. The Labute approximate surface area is 290 Å². The van der Waals surface area contributed by atoms with E-state index in [-0.39, 0.29) is 0 Å². The highest BCUT2D eigenvalue weighted by atomic mass is 32.1. The molecule has 11 aromatic rings. The first kappa shape index (κ1) is 27.6. The van der Waals surface area contributed by atoms with Gasteiger partial charge in [-0.2, -0.15) is 0 Å². The number of benzene rings is 8. The van der Waals surface area contributed by atoms with Gasteiger partial charge in [0.05, 0.1) is 0 Å². The molecule has 50 heavy (non-hydrogen) atoms. The number of hydrogen-bond donors (Lipinski definition) is 0. The molecular weight excluding hydrogens is 631 g/mol. The van der Waals surface area contributed by atoms with E-state index >= 15 is 0 Å². The summed E-state index contributed by atoms with van der Waals surface area (Å²) in [5, 5.41) is 9.69. The molecule has 0 saturated heterocycles. The van der Waals surface area contributed by atoms with Gasteiger partial charge in [-0.05, 0) is 77.0 Å². The summed E-state index contributed by atoms with van der Waals surface area (Å²) >= 11 is 1.87. The van der Waals surface area contributed by atoms with Crippen LogP contribution >= 0.6 is 11.3 Å². The molecule has 0 radical (unpaired) electrons. The topological polar surface area (TPSA) is 29.5 Å².